The molecule has 0 fully saturated rings. The molecule has 0 bridgehead atoms. The van der Waals surface area contributed by atoms with Crippen molar-refractivity contribution in [2.75, 3.05) is 12.0 Å². The van der Waals surface area contributed by atoms with Crippen molar-refractivity contribution in [1.29, 1.82) is 0 Å². The van der Waals surface area contributed by atoms with Crippen LogP contribution in [0, 0.1) is 0 Å². The number of thioether (sulfide) groups is 1. The van der Waals surface area contributed by atoms with Gasteiger partial charge in [-0.3, -0.25) is 0 Å². The topological polar surface area (TPSA) is 38.4 Å². The van der Waals surface area contributed by atoms with Gasteiger partial charge < -0.3 is 5.73 Å². The highest BCUT2D eigenvalue weighted by Crippen LogP contribution is 2.20. The van der Waals surface area contributed by atoms with Crippen LogP contribution in [0.4, 0.5) is 11.4 Å². The van der Waals surface area contributed by atoms with Crippen molar-refractivity contribution >= 4 is 28.7 Å². The van der Waals surface area contributed by atoms with Gasteiger partial charge in [0.25, 0.3) is 0 Å². The van der Waals surface area contributed by atoms with E-state index >= 15 is 0 Å². The average molecular weight is 166 g/mol. The predicted molar refractivity (Wildman–Crippen MR) is 52.5 cm³/mol. The van der Waals surface area contributed by atoms with E-state index in [0.29, 0.717) is 0 Å². The Balaban J connectivity index is 2.86. The summed E-state index contributed by atoms with van der Waals surface area (Å²) in [6.45, 7) is 0. The molecule has 1 aromatic carbocycles. The zero-order chi connectivity index (χ0) is 8.10. The van der Waals surface area contributed by atoms with E-state index in [4.69, 9.17) is 5.73 Å². The van der Waals surface area contributed by atoms with Crippen LogP contribution in [0.2, 0.25) is 0 Å². The van der Waals surface area contributed by atoms with Gasteiger partial charge in [-0.05, 0) is 18.4 Å². The minimum atomic E-state index is 0.720. The molecule has 0 heterocycles. The van der Waals surface area contributed by atoms with Crippen molar-refractivity contribution in [2.24, 2.45) is 4.99 Å². The van der Waals surface area contributed by atoms with Crippen molar-refractivity contribution in [3.63, 3.8) is 0 Å². The summed E-state index contributed by atoms with van der Waals surface area (Å²) in [6.07, 6.45) is 1.96. The smallest absolute Gasteiger partial charge is 0.0865 e. The molecule has 11 heavy (non-hydrogen) atoms. The summed E-state index contributed by atoms with van der Waals surface area (Å²) in [5, 5.41) is 0. The highest BCUT2D eigenvalue weighted by atomic mass is 32.2. The molecule has 2 N–H and O–H groups in total. The molecule has 0 aliphatic carbocycles. The summed E-state index contributed by atoms with van der Waals surface area (Å²) in [5.41, 5.74) is 8.96. The second-order valence-corrected chi connectivity index (χ2v) is 2.71. The molecular weight excluding hydrogens is 156 g/mol. The zero-order valence-electron chi connectivity index (χ0n) is 6.32. The minimum Gasteiger partial charge on any atom is -0.397 e. The van der Waals surface area contributed by atoms with Gasteiger partial charge in [0.05, 0.1) is 16.9 Å². The first-order chi connectivity index (χ1) is 5.34. The zero-order valence-corrected chi connectivity index (χ0v) is 7.14. The number of hydrogen-bond acceptors (Lipinski definition) is 3. The Labute approximate surface area is 70.5 Å². The summed E-state index contributed by atoms with van der Waals surface area (Å²) in [6, 6.07) is 7.55. The number of para-hydroxylation sites is 2. The molecule has 0 saturated heterocycles. The largest absolute Gasteiger partial charge is 0.397 e. The monoisotopic (exact) mass is 166 g/mol. The van der Waals surface area contributed by atoms with Gasteiger partial charge in [0.15, 0.2) is 0 Å². The first-order valence-corrected chi connectivity index (χ1v) is 4.53. The predicted octanol–water partition coefficient (Wildman–Crippen LogP) is 2.29. The standard InChI is InChI=1S/C8H10N2S/c1-11-6-10-8-5-3-2-4-7(8)9/h2-6H,9H2,1H3. The van der Waals surface area contributed by atoms with E-state index < -0.39 is 0 Å². The lowest BCUT2D eigenvalue weighted by molar-refractivity contribution is 1.54. The maximum absolute atomic E-state index is 5.64. The van der Waals surface area contributed by atoms with Crippen LogP contribution in [0.1, 0.15) is 0 Å². The number of nitrogens with zero attached hydrogens (tertiary/aromatic N) is 1. The van der Waals surface area contributed by atoms with Gasteiger partial charge in [0.2, 0.25) is 0 Å². The molecule has 0 amide bonds. The summed E-state index contributed by atoms with van der Waals surface area (Å²) in [4.78, 5) is 4.14. The van der Waals surface area contributed by atoms with Gasteiger partial charge >= 0.3 is 0 Å². The Morgan fingerprint density at radius 3 is 2.82 bits per heavy atom. The van der Waals surface area contributed by atoms with Crippen LogP contribution in [-0.4, -0.2) is 11.8 Å². The van der Waals surface area contributed by atoms with Crippen LogP contribution in [0.25, 0.3) is 0 Å². The fraction of sp³-hybridized carbons (Fsp3) is 0.125. The molecule has 2 nitrogen and oxygen atoms in total. The van der Waals surface area contributed by atoms with E-state index in [1.807, 2.05) is 30.5 Å². The summed E-state index contributed by atoms with van der Waals surface area (Å²) < 4.78 is 0. The van der Waals surface area contributed by atoms with Crippen molar-refractivity contribution in [1.82, 2.24) is 0 Å². The number of benzene rings is 1. The molecular formula is C8H10N2S. The Kier molecular flexibility index (Phi) is 2.98. The van der Waals surface area contributed by atoms with Crippen LogP contribution in [-0.2, 0) is 0 Å². The molecule has 58 valence electrons. The normalized spacial score (nSPS) is 10.6. The van der Waals surface area contributed by atoms with Gasteiger partial charge in [-0.15, -0.1) is 11.8 Å². The number of nitrogens with two attached hydrogens (primary N) is 1. The minimum absolute atomic E-state index is 0.720. The molecule has 0 saturated carbocycles. The molecule has 1 aromatic rings. The molecule has 0 unspecified atom stereocenters. The number of rotatable bonds is 2. The Hall–Kier alpha value is -0.960. The lowest BCUT2D eigenvalue weighted by Crippen LogP contribution is -1.83. The molecule has 0 aliphatic rings. The fourth-order valence-electron chi connectivity index (χ4n) is 0.715. The van der Waals surface area contributed by atoms with Gasteiger partial charge in [-0.2, -0.15) is 0 Å². The van der Waals surface area contributed by atoms with Gasteiger partial charge in [0, 0.05) is 0 Å². The van der Waals surface area contributed by atoms with E-state index in [2.05, 4.69) is 4.99 Å². The van der Waals surface area contributed by atoms with E-state index in [-0.39, 0.29) is 0 Å². The molecule has 0 atom stereocenters. The van der Waals surface area contributed by atoms with Gasteiger partial charge in [-0.1, -0.05) is 12.1 Å². The van der Waals surface area contributed by atoms with Crippen LogP contribution in [0.3, 0.4) is 0 Å². The number of hydrogen-bond donors (Lipinski definition) is 1. The third kappa shape index (κ3) is 2.27. The maximum atomic E-state index is 5.64. The van der Waals surface area contributed by atoms with E-state index in [1.54, 1.807) is 17.3 Å². The Morgan fingerprint density at radius 1 is 1.45 bits per heavy atom. The second kappa shape index (κ2) is 4.03. The average Bonchev–Trinajstić information content (AvgIpc) is 2.03. The van der Waals surface area contributed by atoms with E-state index in [1.165, 1.54) is 0 Å². The molecule has 0 aliphatic heterocycles. The SMILES string of the molecule is CSC=Nc1ccccc1N. The second-order valence-electron chi connectivity index (χ2n) is 2.03. The van der Waals surface area contributed by atoms with Crippen LogP contribution < -0.4 is 5.73 Å². The highest BCUT2D eigenvalue weighted by molar-refractivity contribution is 8.11. The maximum Gasteiger partial charge on any atom is 0.0865 e. The van der Waals surface area contributed by atoms with Crippen molar-refractivity contribution in [3.05, 3.63) is 24.3 Å². The highest BCUT2D eigenvalue weighted by Gasteiger charge is 1.90. The van der Waals surface area contributed by atoms with Crippen molar-refractivity contribution in [2.45, 2.75) is 0 Å². The summed E-state index contributed by atoms with van der Waals surface area (Å²) in [7, 11) is 0. The fourth-order valence-corrected chi connectivity index (χ4v) is 0.934. The Bertz CT molecular complexity index is 258. The van der Waals surface area contributed by atoms with Crippen LogP contribution >= 0.6 is 11.8 Å². The van der Waals surface area contributed by atoms with E-state index in [0.717, 1.165) is 11.4 Å². The van der Waals surface area contributed by atoms with E-state index in [9.17, 15) is 0 Å². The lowest BCUT2D eigenvalue weighted by atomic mass is 10.3. The summed E-state index contributed by atoms with van der Waals surface area (Å²) >= 11 is 1.56. The third-order valence-electron chi connectivity index (χ3n) is 1.23. The van der Waals surface area contributed by atoms with Crippen LogP contribution in [0.5, 0.6) is 0 Å². The number of nitrogen functional groups attached to an aromatic ring is 1. The molecule has 0 spiro atoms. The van der Waals surface area contributed by atoms with Gasteiger partial charge in [-0.25, -0.2) is 4.99 Å². The molecule has 0 aromatic heterocycles. The Morgan fingerprint density at radius 2 is 2.18 bits per heavy atom. The number of anilines is 1. The summed E-state index contributed by atoms with van der Waals surface area (Å²) in [5.74, 6) is 0. The first kappa shape index (κ1) is 8.14. The number of aliphatic imine (C=N–C) groups is 1. The van der Waals surface area contributed by atoms with Crippen LogP contribution in [0.15, 0.2) is 29.3 Å². The molecule has 0 radical (unpaired) electrons. The first-order valence-electron chi connectivity index (χ1n) is 3.24. The quantitative estimate of drug-likeness (QED) is 0.416. The molecule has 1 rings (SSSR count). The third-order valence-corrected chi connectivity index (χ3v) is 1.55. The van der Waals surface area contributed by atoms with Crippen molar-refractivity contribution in [3.8, 4) is 0 Å². The molecule has 3 heteroatoms. The van der Waals surface area contributed by atoms with Gasteiger partial charge in [0.1, 0.15) is 0 Å². The lowest BCUT2D eigenvalue weighted by Gasteiger charge is -1.96. The van der Waals surface area contributed by atoms with Crippen molar-refractivity contribution < 1.29 is 0 Å².